The molecule has 22 heavy (non-hydrogen) atoms. The summed E-state index contributed by atoms with van der Waals surface area (Å²) in [7, 11) is 0. The average Bonchev–Trinajstić information content (AvgIpc) is 2.75. The summed E-state index contributed by atoms with van der Waals surface area (Å²) < 4.78 is 0. The number of hydrogen-bond acceptors (Lipinski definition) is 3. The van der Waals surface area contributed by atoms with E-state index in [0.717, 1.165) is 16.0 Å². The van der Waals surface area contributed by atoms with Gasteiger partial charge in [-0.2, -0.15) is 0 Å². The summed E-state index contributed by atoms with van der Waals surface area (Å²) in [4.78, 5) is 29.9. The number of anilines is 1. The minimum absolute atomic E-state index is 0.193. The molecule has 1 aromatic heterocycles. The molecule has 112 valence electrons. The molecule has 0 spiro atoms. The Labute approximate surface area is 133 Å². The largest absolute Gasteiger partial charge is 0.274 e. The summed E-state index contributed by atoms with van der Waals surface area (Å²) in [5.41, 5.74) is 2.21. The maximum absolute atomic E-state index is 12.5. The number of halogens is 1. The number of rotatable bonds is 3. The van der Waals surface area contributed by atoms with Crippen molar-refractivity contribution in [2.45, 2.75) is 19.8 Å². The maximum atomic E-state index is 12.5. The Morgan fingerprint density at radius 3 is 2.77 bits per heavy atom. The topological polar surface area (TPSA) is 50.3 Å². The average molecular weight is 315 g/mol. The molecule has 1 saturated heterocycles. The maximum Gasteiger partial charge on any atom is 0.238 e. The van der Waals surface area contributed by atoms with E-state index in [4.69, 9.17) is 11.6 Å². The van der Waals surface area contributed by atoms with Crippen LogP contribution in [0.25, 0.3) is 0 Å². The predicted molar refractivity (Wildman–Crippen MR) is 84.7 cm³/mol. The fraction of sp³-hybridized carbons (Fsp3) is 0.235. The molecule has 2 heterocycles. The lowest BCUT2D eigenvalue weighted by Crippen LogP contribution is -2.31. The molecule has 1 atom stereocenters. The van der Waals surface area contributed by atoms with Crippen LogP contribution in [0.1, 0.15) is 17.5 Å². The molecule has 2 aromatic rings. The highest BCUT2D eigenvalue weighted by molar-refractivity contribution is 6.30. The summed E-state index contributed by atoms with van der Waals surface area (Å²) in [6.07, 6.45) is 2.22. The Morgan fingerprint density at radius 2 is 2.09 bits per heavy atom. The van der Waals surface area contributed by atoms with E-state index >= 15 is 0 Å². The fourth-order valence-corrected chi connectivity index (χ4v) is 2.83. The molecule has 0 saturated carbocycles. The highest BCUT2D eigenvalue weighted by atomic mass is 35.5. The van der Waals surface area contributed by atoms with E-state index in [1.165, 1.54) is 6.20 Å². The lowest BCUT2D eigenvalue weighted by Gasteiger charge is -2.14. The summed E-state index contributed by atoms with van der Waals surface area (Å²) in [6, 6.07) is 11.2. The van der Waals surface area contributed by atoms with Crippen molar-refractivity contribution in [2.75, 3.05) is 4.90 Å². The van der Waals surface area contributed by atoms with Gasteiger partial charge in [-0.15, -0.1) is 0 Å². The molecule has 1 aliphatic heterocycles. The van der Waals surface area contributed by atoms with Gasteiger partial charge in [-0.05, 0) is 31.0 Å². The third-order valence-electron chi connectivity index (χ3n) is 3.75. The number of imide groups is 1. The standard InChI is InChI=1S/C17H15ClN2O2/c1-11-3-2-4-12(7-11)8-13-9-16(21)20(17(13)22)15-6-5-14(18)10-19-15/h2-7,10,13H,8-9H2,1H3/t13-/m0/s1. The van der Waals surface area contributed by atoms with Gasteiger partial charge in [0.05, 0.1) is 10.9 Å². The van der Waals surface area contributed by atoms with Crippen LogP contribution in [0.3, 0.4) is 0 Å². The van der Waals surface area contributed by atoms with Crippen LogP contribution in [-0.4, -0.2) is 16.8 Å². The van der Waals surface area contributed by atoms with Crippen molar-refractivity contribution in [1.82, 2.24) is 4.98 Å². The first kappa shape index (κ1) is 14.7. The van der Waals surface area contributed by atoms with Crippen LogP contribution in [0.5, 0.6) is 0 Å². The molecule has 0 radical (unpaired) electrons. The van der Waals surface area contributed by atoms with Crippen molar-refractivity contribution in [3.8, 4) is 0 Å². The molecule has 0 aliphatic carbocycles. The van der Waals surface area contributed by atoms with Crippen LogP contribution in [0.4, 0.5) is 5.82 Å². The van der Waals surface area contributed by atoms with Crippen molar-refractivity contribution >= 4 is 29.2 Å². The SMILES string of the molecule is Cc1cccc(C[C@H]2CC(=O)N(c3ccc(Cl)cn3)C2=O)c1. The number of aryl methyl sites for hydroxylation is 1. The molecule has 1 aliphatic rings. The van der Waals surface area contributed by atoms with Crippen LogP contribution < -0.4 is 4.90 Å². The number of benzene rings is 1. The highest BCUT2D eigenvalue weighted by Gasteiger charge is 2.39. The lowest BCUT2D eigenvalue weighted by molar-refractivity contribution is -0.122. The van der Waals surface area contributed by atoms with Crippen molar-refractivity contribution in [3.63, 3.8) is 0 Å². The van der Waals surface area contributed by atoms with Crippen LogP contribution in [0, 0.1) is 12.8 Å². The number of aromatic nitrogens is 1. The third kappa shape index (κ3) is 2.88. The van der Waals surface area contributed by atoms with E-state index in [2.05, 4.69) is 4.98 Å². The molecule has 0 unspecified atom stereocenters. The molecule has 1 aromatic carbocycles. The minimum atomic E-state index is -0.327. The Morgan fingerprint density at radius 1 is 1.27 bits per heavy atom. The molecular formula is C17H15ClN2O2. The van der Waals surface area contributed by atoms with Gasteiger partial charge in [0.15, 0.2) is 0 Å². The van der Waals surface area contributed by atoms with Crippen molar-refractivity contribution < 1.29 is 9.59 Å². The molecular weight excluding hydrogens is 300 g/mol. The van der Waals surface area contributed by atoms with E-state index in [-0.39, 0.29) is 24.2 Å². The van der Waals surface area contributed by atoms with Crippen molar-refractivity contribution in [3.05, 3.63) is 58.7 Å². The normalized spacial score (nSPS) is 18.1. The van der Waals surface area contributed by atoms with E-state index in [0.29, 0.717) is 17.3 Å². The first-order valence-corrected chi connectivity index (χ1v) is 7.46. The second kappa shape index (κ2) is 5.89. The van der Waals surface area contributed by atoms with Crippen LogP contribution in [-0.2, 0) is 16.0 Å². The number of pyridine rings is 1. The molecule has 1 fully saturated rings. The number of carbonyl (C=O) groups excluding carboxylic acids is 2. The number of hydrogen-bond donors (Lipinski definition) is 0. The Hall–Kier alpha value is -2.20. The monoisotopic (exact) mass is 314 g/mol. The van der Waals surface area contributed by atoms with E-state index in [1.54, 1.807) is 12.1 Å². The van der Waals surface area contributed by atoms with Crippen LogP contribution >= 0.6 is 11.6 Å². The number of nitrogens with zero attached hydrogens (tertiary/aromatic N) is 2. The summed E-state index contributed by atoms with van der Waals surface area (Å²) >= 11 is 5.79. The second-order valence-corrected chi connectivity index (χ2v) is 5.93. The quantitative estimate of drug-likeness (QED) is 0.818. The molecule has 0 bridgehead atoms. The number of carbonyl (C=O) groups is 2. The van der Waals surface area contributed by atoms with E-state index < -0.39 is 0 Å². The van der Waals surface area contributed by atoms with Gasteiger partial charge in [0.25, 0.3) is 0 Å². The summed E-state index contributed by atoms with van der Waals surface area (Å²) in [6.45, 7) is 2.01. The predicted octanol–water partition coefficient (Wildman–Crippen LogP) is 3.17. The van der Waals surface area contributed by atoms with Crippen LogP contribution in [0.2, 0.25) is 5.02 Å². The lowest BCUT2D eigenvalue weighted by atomic mass is 9.97. The minimum Gasteiger partial charge on any atom is -0.274 e. The third-order valence-corrected chi connectivity index (χ3v) is 3.97. The first-order valence-electron chi connectivity index (χ1n) is 7.08. The van der Waals surface area contributed by atoms with Gasteiger partial charge in [-0.25, -0.2) is 9.88 Å². The Bertz CT molecular complexity index is 728. The molecule has 4 nitrogen and oxygen atoms in total. The molecule has 3 rings (SSSR count). The van der Waals surface area contributed by atoms with E-state index in [9.17, 15) is 9.59 Å². The van der Waals surface area contributed by atoms with Gasteiger partial charge in [0, 0.05) is 12.6 Å². The molecule has 5 heteroatoms. The van der Waals surface area contributed by atoms with Crippen molar-refractivity contribution in [2.24, 2.45) is 5.92 Å². The van der Waals surface area contributed by atoms with Gasteiger partial charge < -0.3 is 0 Å². The number of amides is 2. The van der Waals surface area contributed by atoms with Gasteiger partial charge in [0.2, 0.25) is 11.8 Å². The highest BCUT2D eigenvalue weighted by Crippen LogP contribution is 2.28. The second-order valence-electron chi connectivity index (χ2n) is 5.50. The van der Waals surface area contributed by atoms with Gasteiger partial charge in [-0.3, -0.25) is 9.59 Å². The van der Waals surface area contributed by atoms with E-state index in [1.807, 2.05) is 31.2 Å². The van der Waals surface area contributed by atoms with Crippen molar-refractivity contribution in [1.29, 1.82) is 0 Å². The summed E-state index contributed by atoms with van der Waals surface area (Å²) in [5.74, 6) is -0.392. The smallest absolute Gasteiger partial charge is 0.238 e. The molecule has 0 N–H and O–H groups in total. The zero-order valence-corrected chi connectivity index (χ0v) is 12.9. The van der Waals surface area contributed by atoms with Gasteiger partial charge in [0.1, 0.15) is 5.82 Å². The zero-order valence-electron chi connectivity index (χ0n) is 12.1. The Balaban J connectivity index is 1.81. The molecule has 2 amide bonds. The summed E-state index contributed by atoms with van der Waals surface area (Å²) in [5, 5.41) is 0.471. The Kier molecular flexibility index (Phi) is 3.94. The first-order chi connectivity index (χ1) is 10.5. The fourth-order valence-electron chi connectivity index (χ4n) is 2.72. The van der Waals surface area contributed by atoms with Crippen LogP contribution in [0.15, 0.2) is 42.6 Å². The zero-order chi connectivity index (χ0) is 15.7. The van der Waals surface area contributed by atoms with Gasteiger partial charge in [-0.1, -0.05) is 41.4 Å². The van der Waals surface area contributed by atoms with Gasteiger partial charge >= 0.3 is 0 Å².